The maximum Gasteiger partial charge on any atom is 0.276 e. The van der Waals surface area contributed by atoms with E-state index in [1.165, 1.54) is 25.7 Å². The van der Waals surface area contributed by atoms with Crippen LogP contribution in [-0.4, -0.2) is 22.2 Å². The number of hydrogen-bond donors (Lipinski definition) is 2. The molecule has 0 unspecified atom stereocenters. The van der Waals surface area contributed by atoms with E-state index in [-0.39, 0.29) is 11.9 Å². The van der Waals surface area contributed by atoms with Crippen LogP contribution in [0.1, 0.15) is 56.1 Å². The maximum absolute atomic E-state index is 12.2. The maximum atomic E-state index is 12.2. The first-order valence-corrected chi connectivity index (χ1v) is 8.82. The minimum absolute atomic E-state index is 0.180. The van der Waals surface area contributed by atoms with Crippen LogP contribution in [0.2, 0.25) is 0 Å². The molecule has 0 aliphatic heterocycles. The van der Waals surface area contributed by atoms with Gasteiger partial charge in [0, 0.05) is 30.2 Å². The first-order chi connectivity index (χ1) is 11.6. The van der Waals surface area contributed by atoms with E-state index in [0.29, 0.717) is 5.69 Å². The highest BCUT2D eigenvalue weighted by atomic mass is 16.1. The molecule has 1 aromatic heterocycles. The Labute approximate surface area is 143 Å². The molecule has 0 bridgehead atoms. The van der Waals surface area contributed by atoms with Crippen molar-refractivity contribution in [1.29, 1.82) is 0 Å². The molecule has 3 rings (SSSR count). The molecule has 1 aliphatic carbocycles. The normalized spacial score (nSPS) is 15.0. The molecule has 1 aliphatic rings. The lowest BCUT2D eigenvalue weighted by Crippen LogP contribution is -2.14. The molecule has 1 heterocycles. The summed E-state index contributed by atoms with van der Waals surface area (Å²) < 4.78 is 1.78. The summed E-state index contributed by atoms with van der Waals surface area (Å²) in [6, 6.07) is 9.86. The van der Waals surface area contributed by atoms with Crippen molar-refractivity contribution in [3.05, 3.63) is 42.2 Å². The van der Waals surface area contributed by atoms with E-state index in [4.69, 9.17) is 0 Å². The van der Waals surface area contributed by atoms with E-state index in [0.717, 1.165) is 23.8 Å². The molecule has 0 spiro atoms. The van der Waals surface area contributed by atoms with Crippen LogP contribution >= 0.6 is 0 Å². The minimum Gasteiger partial charge on any atom is -0.385 e. The Balaban J connectivity index is 1.53. The van der Waals surface area contributed by atoms with Crippen LogP contribution in [-0.2, 0) is 0 Å². The summed E-state index contributed by atoms with van der Waals surface area (Å²) in [5, 5.41) is 10.7. The van der Waals surface area contributed by atoms with Gasteiger partial charge in [0.05, 0.1) is 0 Å². The Morgan fingerprint density at radius 2 is 1.83 bits per heavy atom. The SMILES string of the molecule is CC(C)n1ccc(C(=O)Nc2ccc(NCC3CCCC3)cc2)n1. The summed E-state index contributed by atoms with van der Waals surface area (Å²) >= 11 is 0. The fraction of sp³-hybridized carbons (Fsp3) is 0.474. The number of hydrogen-bond acceptors (Lipinski definition) is 3. The zero-order valence-corrected chi connectivity index (χ0v) is 14.5. The van der Waals surface area contributed by atoms with E-state index in [2.05, 4.69) is 15.7 Å². The smallest absolute Gasteiger partial charge is 0.276 e. The predicted octanol–water partition coefficient (Wildman–Crippen LogP) is 4.32. The van der Waals surface area contributed by atoms with Crippen molar-refractivity contribution in [3.63, 3.8) is 0 Å². The standard InChI is InChI=1S/C19H26N4O/c1-14(2)23-12-11-18(22-23)19(24)21-17-9-7-16(8-10-17)20-13-15-5-3-4-6-15/h7-12,14-15,20H,3-6,13H2,1-2H3,(H,21,24). The van der Waals surface area contributed by atoms with Gasteiger partial charge in [0.25, 0.3) is 5.91 Å². The van der Waals surface area contributed by atoms with Gasteiger partial charge >= 0.3 is 0 Å². The summed E-state index contributed by atoms with van der Waals surface area (Å²) in [4.78, 5) is 12.2. The number of aromatic nitrogens is 2. The van der Waals surface area contributed by atoms with Crippen molar-refractivity contribution in [2.75, 3.05) is 17.2 Å². The second-order valence-corrected chi connectivity index (χ2v) is 6.84. The number of nitrogens with one attached hydrogen (secondary N) is 2. The fourth-order valence-corrected chi connectivity index (χ4v) is 3.09. The van der Waals surface area contributed by atoms with Crippen molar-refractivity contribution in [3.8, 4) is 0 Å². The molecule has 5 nitrogen and oxygen atoms in total. The zero-order chi connectivity index (χ0) is 16.9. The minimum atomic E-state index is -0.180. The molecule has 0 saturated heterocycles. The third-order valence-electron chi connectivity index (χ3n) is 4.58. The summed E-state index contributed by atoms with van der Waals surface area (Å²) in [5.74, 6) is 0.626. The molecule has 24 heavy (non-hydrogen) atoms. The van der Waals surface area contributed by atoms with Crippen LogP contribution in [0.3, 0.4) is 0 Å². The van der Waals surface area contributed by atoms with Gasteiger partial charge in [-0.1, -0.05) is 12.8 Å². The monoisotopic (exact) mass is 326 g/mol. The van der Waals surface area contributed by atoms with E-state index in [1.54, 1.807) is 10.7 Å². The molecule has 1 aromatic carbocycles. The largest absolute Gasteiger partial charge is 0.385 e. The molecule has 1 saturated carbocycles. The summed E-state index contributed by atoms with van der Waals surface area (Å²) in [6.45, 7) is 5.11. The van der Waals surface area contributed by atoms with Crippen molar-refractivity contribution in [1.82, 2.24) is 9.78 Å². The third-order valence-corrected chi connectivity index (χ3v) is 4.58. The lowest BCUT2D eigenvalue weighted by Gasteiger charge is -2.12. The second kappa shape index (κ2) is 7.51. The van der Waals surface area contributed by atoms with Crippen molar-refractivity contribution in [2.45, 2.75) is 45.6 Å². The van der Waals surface area contributed by atoms with E-state index < -0.39 is 0 Å². The molecule has 5 heteroatoms. The zero-order valence-electron chi connectivity index (χ0n) is 14.5. The van der Waals surface area contributed by atoms with Gasteiger partial charge in [-0.15, -0.1) is 0 Å². The summed E-state index contributed by atoms with van der Waals surface area (Å²) in [7, 11) is 0. The van der Waals surface area contributed by atoms with Gasteiger partial charge in [0.15, 0.2) is 5.69 Å². The average Bonchev–Trinajstić information content (AvgIpc) is 3.26. The molecule has 1 fully saturated rings. The highest BCUT2D eigenvalue weighted by molar-refractivity contribution is 6.02. The Kier molecular flexibility index (Phi) is 5.18. The third kappa shape index (κ3) is 4.16. The van der Waals surface area contributed by atoms with Crippen LogP contribution in [0, 0.1) is 5.92 Å². The van der Waals surface area contributed by atoms with Gasteiger partial charge in [0.1, 0.15) is 0 Å². The highest BCUT2D eigenvalue weighted by Crippen LogP contribution is 2.25. The van der Waals surface area contributed by atoms with Gasteiger partial charge < -0.3 is 10.6 Å². The lowest BCUT2D eigenvalue weighted by molar-refractivity contribution is 0.102. The lowest BCUT2D eigenvalue weighted by atomic mass is 10.1. The van der Waals surface area contributed by atoms with Crippen LogP contribution in [0.25, 0.3) is 0 Å². The molecular formula is C19H26N4O. The topological polar surface area (TPSA) is 59.0 Å². The van der Waals surface area contributed by atoms with Gasteiger partial charge in [-0.05, 0) is 62.9 Å². The van der Waals surface area contributed by atoms with Crippen molar-refractivity contribution in [2.24, 2.45) is 5.92 Å². The Morgan fingerprint density at radius 3 is 2.46 bits per heavy atom. The van der Waals surface area contributed by atoms with Crippen LogP contribution in [0.15, 0.2) is 36.5 Å². The second-order valence-electron chi connectivity index (χ2n) is 6.84. The summed E-state index contributed by atoms with van der Waals surface area (Å²) in [6.07, 6.45) is 7.23. The molecule has 1 amide bonds. The quantitative estimate of drug-likeness (QED) is 0.831. The van der Waals surface area contributed by atoms with Gasteiger partial charge in [-0.25, -0.2) is 0 Å². The predicted molar refractivity (Wildman–Crippen MR) is 97.5 cm³/mol. The number of carbonyl (C=O) groups excluding carboxylic acids is 1. The Bertz CT molecular complexity index is 669. The number of amides is 1. The molecule has 2 aromatic rings. The van der Waals surface area contributed by atoms with Crippen LogP contribution < -0.4 is 10.6 Å². The number of rotatable bonds is 6. The highest BCUT2D eigenvalue weighted by Gasteiger charge is 2.14. The first-order valence-electron chi connectivity index (χ1n) is 8.82. The van der Waals surface area contributed by atoms with Gasteiger partial charge in [-0.2, -0.15) is 5.10 Å². The van der Waals surface area contributed by atoms with Crippen molar-refractivity contribution >= 4 is 17.3 Å². The fourth-order valence-electron chi connectivity index (χ4n) is 3.09. The van der Waals surface area contributed by atoms with E-state index >= 15 is 0 Å². The molecule has 128 valence electrons. The Hall–Kier alpha value is -2.30. The van der Waals surface area contributed by atoms with E-state index in [9.17, 15) is 4.79 Å². The number of carbonyl (C=O) groups is 1. The van der Waals surface area contributed by atoms with Gasteiger partial charge in [0.2, 0.25) is 0 Å². The van der Waals surface area contributed by atoms with Crippen molar-refractivity contribution < 1.29 is 4.79 Å². The molecule has 2 N–H and O–H groups in total. The first kappa shape index (κ1) is 16.6. The Morgan fingerprint density at radius 1 is 1.17 bits per heavy atom. The van der Waals surface area contributed by atoms with Gasteiger partial charge in [-0.3, -0.25) is 9.48 Å². The number of anilines is 2. The molecular weight excluding hydrogens is 300 g/mol. The number of nitrogens with zero attached hydrogens (tertiary/aromatic N) is 2. The number of benzene rings is 1. The average molecular weight is 326 g/mol. The van der Waals surface area contributed by atoms with E-state index in [1.807, 2.05) is 44.3 Å². The molecule has 0 atom stereocenters. The van der Waals surface area contributed by atoms with Crippen LogP contribution in [0.5, 0.6) is 0 Å². The van der Waals surface area contributed by atoms with Crippen LogP contribution in [0.4, 0.5) is 11.4 Å². The molecule has 0 radical (unpaired) electrons. The summed E-state index contributed by atoms with van der Waals surface area (Å²) in [5.41, 5.74) is 2.32.